The molecular formula is C23H26N4O2. The number of urea groups is 1. The Morgan fingerprint density at radius 2 is 2.00 bits per heavy atom. The molecule has 6 heteroatoms. The van der Waals surface area contributed by atoms with Crippen molar-refractivity contribution in [3.63, 3.8) is 0 Å². The van der Waals surface area contributed by atoms with Gasteiger partial charge in [-0.15, -0.1) is 0 Å². The summed E-state index contributed by atoms with van der Waals surface area (Å²) in [5, 5.41) is 16.3. The monoisotopic (exact) mass is 390 g/mol. The summed E-state index contributed by atoms with van der Waals surface area (Å²) in [5.74, 6) is 0.283. The van der Waals surface area contributed by atoms with E-state index in [0.717, 1.165) is 36.2 Å². The van der Waals surface area contributed by atoms with Gasteiger partial charge in [-0.1, -0.05) is 25.1 Å². The van der Waals surface area contributed by atoms with Gasteiger partial charge in [0.2, 0.25) is 0 Å². The molecule has 0 radical (unpaired) electrons. The zero-order chi connectivity index (χ0) is 20.2. The second-order valence-electron chi connectivity index (χ2n) is 8.70. The molecule has 1 fully saturated rings. The van der Waals surface area contributed by atoms with E-state index in [1.165, 1.54) is 5.56 Å². The van der Waals surface area contributed by atoms with E-state index in [1.807, 2.05) is 42.6 Å². The van der Waals surface area contributed by atoms with Crippen molar-refractivity contribution >= 4 is 17.9 Å². The minimum Gasteiger partial charge on any atom is -0.508 e. The van der Waals surface area contributed by atoms with E-state index in [0.29, 0.717) is 0 Å². The highest BCUT2D eigenvalue weighted by Gasteiger charge is 2.50. The molecule has 2 bridgehead atoms. The number of carbonyl (C=O) groups excluding carboxylic acids is 1. The van der Waals surface area contributed by atoms with Gasteiger partial charge in [0, 0.05) is 23.4 Å². The first-order valence-electron chi connectivity index (χ1n) is 10.2. The normalized spacial score (nSPS) is 29.8. The summed E-state index contributed by atoms with van der Waals surface area (Å²) in [4.78, 5) is 19.4. The number of hydrogen-bond donors (Lipinski definition) is 3. The Kier molecular flexibility index (Phi) is 4.13. The average molecular weight is 390 g/mol. The molecule has 5 rings (SSSR count). The number of benzene rings is 2. The van der Waals surface area contributed by atoms with Crippen LogP contribution in [0.4, 0.5) is 10.5 Å². The number of likely N-dealkylation sites (N-methyl/N-ethyl adjacent to an activating group) is 1. The number of aromatic hydroxyl groups is 1. The molecule has 4 atom stereocenters. The Bertz CT molecular complexity index is 981. The van der Waals surface area contributed by atoms with Crippen LogP contribution >= 0.6 is 0 Å². The molecule has 3 N–H and O–H groups in total. The lowest BCUT2D eigenvalue weighted by Gasteiger charge is -2.54. The van der Waals surface area contributed by atoms with E-state index in [2.05, 4.69) is 34.5 Å². The first kappa shape index (κ1) is 18.2. The van der Waals surface area contributed by atoms with E-state index in [-0.39, 0.29) is 35.3 Å². The van der Waals surface area contributed by atoms with Crippen molar-refractivity contribution in [1.82, 2.24) is 10.2 Å². The van der Waals surface area contributed by atoms with Crippen LogP contribution in [0.15, 0.2) is 47.5 Å². The van der Waals surface area contributed by atoms with Crippen LogP contribution in [0.25, 0.3) is 0 Å². The minimum atomic E-state index is -0.214. The zero-order valence-corrected chi connectivity index (χ0v) is 16.7. The molecule has 0 aromatic heterocycles. The molecule has 1 aliphatic carbocycles. The molecule has 1 unspecified atom stereocenters. The van der Waals surface area contributed by atoms with Crippen LogP contribution in [0.5, 0.6) is 5.75 Å². The fraction of sp³-hybridized carbons (Fsp3) is 0.391. The van der Waals surface area contributed by atoms with Gasteiger partial charge >= 0.3 is 6.03 Å². The van der Waals surface area contributed by atoms with Crippen molar-refractivity contribution in [2.75, 3.05) is 18.9 Å². The van der Waals surface area contributed by atoms with Crippen molar-refractivity contribution < 1.29 is 9.90 Å². The van der Waals surface area contributed by atoms with E-state index in [1.54, 1.807) is 6.07 Å². The van der Waals surface area contributed by atoms with Gasteiger partial charge in [-0.3, -0.25) is 4.99 Å². The van der Waals surface area contributed by atoms with E-state index < -0.39 is 0 Å². The number of phenolic OH excluding ortho intramolecular Hbond substituents is 1. The highest BCUT2D eigenvalue weighted by Crippen LogP contribution is 2.45. The van der Waals surface area contributed by atoms with Gasteiger partial charge in [0.25, 0.3) is 0 Å². The summed E-state index contributed by atoms with van der Waals surface area (Å²) in [6.45, 7) is 3.18. The summed E-state index contributed by atoms with van der Waals surface area (Å²) in [7, 11) is 2.13. The molecule has 29 heavy (non-hydrogen) atoms. The Morgan fingerprint density at radius 3 is 2.72 bits per heavy atom. The van der Waals surface area contributed by atoms with Gasteiger partial charge in [0.15, 0.2) is 0 Å². The summed E-state index contributed by atoms with van der Waals surface area (Å²) in [5.41, 5.74) is 4.11. The quantitative estimate of drug-likeness (QED) is 0.753. The first-order chi connectivity index (χ1) is 13.9. The topological polar surface area (TPSA) is 77.0 Å². The number of aliphatic imine (C=N–C) groups is 1. The van der Waals surface area contributed by atoms with Crippen molar-refractivity contribution in [1.29, 1.82) is 0 Å². The molecule has 2 heterocycles. The van der Waals surface area contributed by atoms with E-state index >= 15 is 0 Å². The fourth-order valence-corrected chi connectivity index (χ4v) is 5.03. The molecule has 6 nitrogen and oxygen atoms in total. The van der Waals surface area contributed by atoms with Gasteiger partial charge in [-0.2, -0.15) is 0 Å². The van der Waals surface area contributed by atoms with Gasteiger partial charge in [0.1, 0.15) is 11.8 Å². The molecule has 3 aliphatic rings. The predicted molar refractivity (Wildman–Crippen MR) is 114 cm³/mol. The SMILES string of the molecule is CN1CC[C@@]2(C)c3cc(O)ccc3C[C@@H]1[C@@H]2NC(=O)Nc1ccc(C2C=N2)cc1. The van der Waals surface area contributed by atoms with Crippen molar-refractivity contribution in [2.24, 2.45) is 4.99 Å². The molecular weight excluding hydrogens is 364 g/mol. The fourth-order valence-electron chi connectivity index (χ4n) is 5.03. The first-order valence-corrected chi connectivity index (χ1v) is 10.2. The Hall–Kier alpha value is -2.86. The van der Waals surface area contributed by atoms with Crippen LogP contribution in [0.1, 0.15) is 36.1 Å². The summed E-state index contributed by atoms with van der Waals surface area (Å²) >= 11 is 0. The number of carbonyl (C=O) groups is 1. The van der Waals surface area contributed by atoms with Crippen LogP contribution < -0.4 is 10.6 Å². The number of fused-ring (bicyclic) bond motifs is 4. The zero-order valence-electron chi connectivity index (χ0n) is 16.7. The van der Waals surface area contributed by atoms with Crippen molar-refractivity contribution in [2.45, 2.75) is 43.3 Å². The van der Waals surface area contributed by atoms with E-state index in [9.17, 15) is 9.90 Å². The van der Waals surface area contributed by atoms with E-state index in [4.69, 9.17) is 0 Å². The van der Waals surface area contributed by atoms with Crippen molar-refractivity contribution in [3.8, 4) is 5.75 Å². The number of amides is 2. The van der Waals surface area contributed by atoms with Gasteiger partial charge in [-0.25, -0.2) is 4.79 Å². The Balaban J connectivity index is 1.37. The number of anilines is 1. The Labute approximate surface area is 170 Å². The maximum absolute atomic E-state index is 12.9. The number of rotatable bonds is 3. The maximum atomic E-state index is 12.9. The lowest BCUT2D eigenvalue weighted by Crippen LogP contribution is -2.67. The molecule has 2 amide bonds. The van der Waals surface area contributed by atoms with Crippen LogP contribution in [-0.2, 0) is 11.8 Å². The predicted octanol–water partition coefficient (Wildman–Crippen LogP) is 3.23. The van der Waals surface area contributed by atoms with Crippen molar-refractivity contribution in [3.05, 3.63) is 59.2 Å². The lowest BCUT2D eigenvalue weighted by atomic mass is 9.61. The molecule has 2 aromatic rings. The highest BCUT2D eigenvalue weighted by atomic mass is 16.3. The highest BCUT2D eigenvalue weighted by molar-refractivity contribution is 5.90. The summed E-state index contributed by atoms with van der Waals surface area (Å²) in [6, 6.07) is 13.7. The smallest absolute Gasteiger partial charge is 0.319 e. The third kappa shape index (κ3) is 3.17. The third-order valence-electron chi connectivity index (χ3n) is 6.85. The number of nitrogens with zero attached hydrogens (tertiary/aromatic N) is 2. The largest absolute Gasteiger partial charge is 0.508 e. The third-order valence-corrected chi connectivity index (χ3v) is 6.85. The maximum Gasteiger partial charge on any atom is 0.319 e. The second kappa shape index (κ2) is 6.59. The molecule has 0 spiro atoms. The standard InChI is InChI=1S/C23H26N4O2/c1-23-9-10-27(2)20(11-15-5-8-17(28)12-18(15)23)21(23)26-22(29)25-16-6-3-14(4-7-16)19-13-24-19/h3-8,12-13,19-21,28H,9-11H2,1-2H3,(H2,25,26,29)/t19?,20-,21+,23+/m1/s1. The Morgan fingerprint density at radius 1 is 1.24 bits per heavy atom. The summed E-state index contributed by atoms with van der Waals surface area (Å²) < 4.78 is 0. The molecule has 2 aliphatic heterocycles. The second-order valence-corrected chi connectivity index (χ2v) is 8.70. The molecule has 1 saturated heterocycles. The van der Waals surface area contributed by atoms with Gasteiger partial charge in [0.05, 0.1) is 6.04 Å². The van der Waals surface area contributed by atoms with Crippen LogP contribution in [0, 0.1) is 0 Å². The molecule has 2 aromatic carbocycles. The van der Waals surface area contributed by atoms with Crippen LogP contribution in [0.2, 0.25) is 0 Å². The van der Waals surface area contributed by atoms with Crippen LogP contribution in [-0.4, -0.2) is 47.9 Å². The summed E-state index contributed by atoms with van der Waals surface area (Å²) in [6.07, 6.45) is 3.70. The lowest BCUT2D eigenvalue weighted by molar-refractivity contribution is 0.0718. The number of piperidine rings is 1. The number of hydrogen-bond acceptors (Lipinski definition) is 4. The minimum absolute atomic E-state index is 0.0327. The molecule has 150 valence electrons. The number of likely N-dealkylation sites (tertiary alicyclic amines) is 1. The molecule has 0 saturated carbocycles. The number of nitrogens with one attached hydrogen (secondary N) is 2. The van der Waals surface area contributed by atoms with Gasteiger partial charge < -0.3 is 20.6 Å². The van der Waals surface area contributed by atoms with Crippen LogP contribution in [0.3, 0.4) is 0 Å². The van der Waals surface area contributed by atoms with Gasteiger partial charge in [-0.05, 0) is 67.4 Å². The average Bonchev–Trinajstić information content (AvgIpc) is 3.54. The number of phenols is 1.